The number of hydrogen-bond donors (Lipinski definition) is 3. The highest BCUT2D eigenvalue weighted by Gasteiger charge is 2.47. The van der Waals surface area contributed by atoms with Crippen molar-refractivity contribution in [3.63, 3.8) is 0 Å². The van der Waals surface area contributed by atoms with Gasteiger partial charge in [-0.15, -0.1) is 0 Å². The van der Waals surface area contributed by atoms with E-state index in [0.29, 0.717) is 0 Å². The lowest BCUT2D eigenvalue weighted by molar-refractivity contribution is -0.164. The van der Waals surface area contributed by atoms with Gasteiger partial charge in [0.15, 0.2) is 5.69 Å². The Labute approximate surface area is 196 Å². The highest BCUT2D eigenvalue weighted by atomic mass is 19.4. The molecule has 0 spiro atoms. The summed E-state index contributed by atoms with van der Waals surface area (Å²) in [5.74, 6) is -3.63. The van der Waals surface area contributed by atoms with Gasteiger partial charge in [-0.3, -0.25) is 9.48 Å². The maximum absolute atomic E-state index is 13.6. The molecule has 0 radical (unpaired) electrons. The van der Waals surface area contributed by atoms with Gasteiger partial charge in [-0.05, 0) is 22.3 Å². The maximum atomic E-state index is 13.6. The summed E-state index contributed by atoms with van der Waals surface area (Å²) in [6, 6.07) is 11.9. The monoisotopic (exact) mass is 488 g/mol. The van der Waals surface area contributed by atoms with Crippen LogP contribution in [0.2, 0.25) is 0 Å². The number of alkyl carbamates (subject to hydrolysis) is 1. The molecule has 3 aromatic rings. The molecular weight excluding hydrogens is 469 g/mol. The SMILES string of the molecule is Cn1cc(NC(=O)C(NC(=O)OCC2c3ccccc3-c3ccccc32)C(F)(F)F)c(C(=O)O)n1. The Kier molecular flexibility index (Phi) is 6.20. The number of alkyl halides is 3. The molecule has 2 aromatic carbocycles. The van der Waals surface area contributed by atoms with Crippen LogP contribution in [0.1, 0.15) is 27.5 Å². The van der Waals surface area contributed by atoms with Crippen molar-refractivity contribution in [1.29, 1.82) is 0 Å². The molecule has 35 heavy (non-hydrogen) atoms. The third kappa shape index (κ3) is 4.81. The van der Waals surface area contributed by atoms with Crippen LogP contribution in [-0.2, 0) is 16.6 Å². The molecule has 1 heterocycles. The molecule has 1 aromatic heterocycles. The lowest BCUT2D eigenvalue weighted by atomic mass is 9.98. The third-order valence-electron chi connectivity index (χ3n) is 5.48. The number of anilines is 1. The molecule has 1 aliphatic carbocycles. The molecule has 1 aliphatic rings. The lowest BCUT2D eigenvalue weighted by Gasteiger charge is -2.21. The Morgan fingerprint density at radius 1 is 1.09 bits per heavy atom. The van der Waals surface area contributed by atoms with E-state index < -0.39 is 41.6 Å². The predicted molar refractivity (Wildman–Crippen MR) is 117 cm³/mol. The Balaban J connectivity index is 1.47. The van der Waals surface area contributed by atoms with Gasteiger partial charge in [0.1, 0.15) is 6.61 Å². The van der Waals surface area contributed by atoms with Crippen LogP contribution in [0.4, 0.5) is 23.7 Å². The minimum Gasteiger partial charge on any atom is -0.476 e. The third-order valence-corrected chi connectivity index (χ3v) is 5.48. The van der Waals surface area contributed by atoms with Crippen LogP contribution in [0.15, 0.2) is 54.7 Å². The van der Waals surface area contributed by atoms with Gasteiger partial charge in [-0.2, -0.15) is 18.3 Å². The number of aryl methyl sites for hydroxylation is 1. The summed E-state index contributed by atoms with van der Waals surface area (Å²) in [4.78, 5) is 35.8. The first-order chi connectivity index (χ1) is 16.6. The smallest absolute Gasteiger partial charge is 0.417 e. The minimum atomic E-state index is -5.18. The number of nitrogens with one attached hydrogen (secondary N) is 2. The number of amides is 2. The van der Waals surface area contributed by atoms with Gasteiger partial charge in [-0.25, -0.2) is 9.59 Å². The fraction of sp³-hybridized carbons (Fsp3) is 0.217. The van der Waals surface area contributed by atoms with Gasteiger partial charge in [0.05, 0.1) is 5.69 Å². The van der Waals surface area contributed by atoms with E-state index in [2.05, 4.69) is 5.10 Å². The Bertz CT molecular complexity index is 1260. The second-order valence-electron chi connectivity index (χ2n) is 7.80. The van der Waals surface area contributed by atoms with E-state index in [4.69, 9.17) is 9.84 Å². The molecule has 3 N–H and O–H groups in total. The standard InChI is InChI=1S/C23H19F3N4O5/c1-30-10-17(18(29-30)21(32)33)27-20(31)19(23(24,25)26)28-22(34)35-11-16-14-8-4-2-6-12(14)13-7-3-5-9-15(13)16/h2-10,16,19H,11H2,1H3,(H,27,31)(H,28,34)(H,32,33). The first kappa shape index (κ1) is 23.8. The van der Waals surface area contributed by atoms with E-state index in [1.165, 1.54) is 12.4 Å². The summed E-state index contributed by atoms with van der Waals surface area (Å²) in [5.41, 5.74) is 2.51. The van der Waals surface area contributed by atoms with Crippen LogP contribution < -0.4 is 10.6 Å². The van der Waals surface area contributed by atoms with E-state index in [1.54, 1.807) is 0 Å². The zero-order chi connectivity index (χ0) is 25.3. The molecule has 1 atom stereocenters. The van der Waals surface area contributed by atoms with Crippen LogP contribution in [0.3, 0.4) is 0 Å². The number of ether oxygens (including phenoxy) is 1. The minimum absolute atomic E-state index is 0.252. The summed E-state index contributed by atoms with van der Waals surface area (Å²) >= 11 is 0. The number of aromatic nitrogens is 2. The van der Waals surface area contributed by atoms with Crippen LogP contribution >= 0.6 is 0 Å². The van der Waals surface area contributed by atoms with Crippen molar-refractivity contribution >= 4 is 23.7 Å². The number of nitrogens with zero attached hydrogens (tertiary/aromatic N) is 2. The van der Waals surface area contributed by atoms with Gasteiger partial charge >= 0.3 is 18.2 Å². The summed E-state index contributed by atoms with van der Waals surface area (Å²) in [7, 11) is 1.33. The zero-order valence-corrected chi connectivity index (χ0v) is 18.2. The number of hydrogen-bond acceptors (Lipinski definition) is 5. The fourth-order valence-corrected chi connectivity index (χ4v) is 4.00. The number of carbonyl (C=O) groups is 3. The van der Waals surface area contributed by atoms with Gasteiger partial charge < -0.3 is 20.5 Å². The van der Waals surface area contributed by atoms with Gasteiger partial charge in [0.2, 0.25) is 6.04 Å². The molecule has 182 valence electrons. The van der Waals surface area contributed by atoms with E-state index in [1.807, 2.05) is 53.8 Å². The van der Waals surface area contributed by atoms with Crippen LogP contribution in [0.25, 0.3) is 11.1 Å². The first-order valence-corrected chi connectivity index (χ1v) is 10.3. The Hall–Kier alpha value is -4.35. The van der Waals surface area contributed by atoms with E-state index in [0.717, 1.165) is 33.1 Å². The molecular formula is C23H19F3N4O5. The molecule has 4 rings (SSSR count). The number of fused-ring (bicyclic) bond motifs is 3. The van der Waals surface area contributed by atoms with E-state index in [9.17, 15) is 27.6 Å². The first-order valence-electron chi connectivity index (χ1n) is 10.3. The quantitative estimate of drug-likeness (QED) is 0.488. The highest BCUT2D eigenvalue weighted by molar-refractivity contribution is 6.02. The van der Waals surface area contributed by atoms with Crippen molar-refractivity contribution in [3.8, 4) is 11.1 Å². The molecule has 1 unspecified atom stereocenters. The molecule has 12 heteroatoms. The summed E-state index contributed by atoms with van der Waals surface area (Å²) in [6.07, 6.45) is -5.60. The van der Waals surface area contributed by atoms with Crippen LogP contribution in [0, 0.1) is 0 Å². The van der Waals surface area contributed by atoms with Gasteiger partial charge in [0, 0.05) is 19.2 Å². The summed E-state index contributed by atoms with van der Waals surface area (Å²) in [6.45, 7) is -0.252. The second kappa shape index (κ2) is 9.12. The lowest BCUT2D eigenvalue weighted by Crippen LogP contribution is -2.53. The fourth-order valence-electron chi connectivity index (χ4n) is 4.00. The average molecular weight is 488 g/mol. The van der Waals surface area contributed by atoms with Crippen LogP contribution in [-0.4, -0.2) is 51.7 Å². The molecule has 0 fully saturated rings. The number of benzene rings is 2. The number of halogens is 3. The Morgan fingerprint density at radius 3 is 2.20 bits per heavy atom. The number of rotatable bonds is 6. The molecule has 2 amide bonds. The molecule has 0 saturated carbocycles. The Morgan fingerprint density at radius 2 is 1.66 bits per heavy atom. The van der Waals surface area contributed by atoms with Crippen molar-refractivity contribution in [2.24, 2.45) is 7.05 Å². The predicted octanol–water partition coefficient (Wildman–Crippen LogP) is 3.53. The van der Waals surface area contributed by atoms with Gasteiger partial charge in [0.25, 0.3) is 5.91 Å². The van der Waals surface area contributed by atoms with Crippen molar-refractivity contribution in [3.05, 3.63) is 71.5 Å². The molecule has 0 saturated heterocycles. The number of aromatic carboxylic acids is 1. The molecule has 9 nitrogen and oxygen atoms in total. The normalized spacial score (nSPS) is 13.5. The van der Waals surface area contributed by atoms with Crippen molar-refractivity contribution < 1.29 is 37.4 Å². The average Bonchev–Trinajstić information content (AvgIpc) is 3.32. The summed E-state index contributed by atoms with van der Waals surface area (Å²) in [5, 5.41) is 16.1. The largest absolute Gasteiger partial charge is 0.476 e. The highest BCUT2D eigenvalue weighted by Crippen LogP contribution is 2.44. The number of carboxylic acid groups (broad SMARTS) is 1. The van der Waals surface area contributed by atoms with Crippen molar-refractivity contribution in [1.82, 2.24) is 15.1 Å². The second-order valence-corrected chi connectivity index (χ2v) is 7.80. The molecule has 0 aliphatic heterocycles. The van der Waals surface area contributed by atoms with E-state index in [-0.39, 0.29) is 12.5 Å². The van der Waals surface area contributed by atoms with Crippen molar-refractivity contribution in [2.45, 2.75) is 18.1 Å². The number of carbonyl (C=O) groups excluding carboxylic acids is 2. The van der Waals surface area contributed by atoms with Crippen molar-refractivity contribution in [2.75, 3.05) is 11.9 Å². The zero-order valence-electron chi connectivity index (χ0n) is 18.2. The maximum Gasteiger partial charge on any atom is 0.417 e. The van der Waals surface area contributed by atoms with Crippen LogP contribution in [0.5, 0.6) is 0 Å². The van der Waals surface area contributed by atoms with E-state index >= 15 is 0 Å². The summed E-state index contributed by atoms with van der Waals surface area (Å²) < 4.78 is 46.8. The molecule has 0 bridgehead atoms. The number of carboxylic acids is 1. The topological polar surface area (TPSA) is 123 Å². The van der Waals surface area contributed by atoms with Gasteiger partial charge in [-0.1, -0.05) is 48.5 Å².